The third kappa shape index (κ3) is 4.56. The average Bonchev–Trinajstić information content (AvgIpc) is 2.11. The van der Waals surface area contributed by atoms with Gasteiger partial charge in [-0.3, -0.25) is 0 Å². The summed E-state index contributed by atoms with van der Waals surface area (Å²) in [6.45, 7) is 6.08. The highest BCUT2D eigenvalue weighted by atomic mass is 14.5. The fourth-order valence-electron chi connectivity index (χ4n) is 0.683. The molecule has 0 saturated carbocycles. The molecule has 0 radical (unpaired) electrons. The van der Waals surface area contributed by atoms with Gasteiger partial charge in [-0.1, -0.05) is 29.9 Å². The number of allylic oxidation sites excluding steroid dienone is 7. The van der Waals surface area contributed by atoms with E-state index in [0.29, 0.717) is 0 Å². The molecule has 0 rings (SSSR count). The van der Waals surface area contributed by atoms with Crippen molar-refractivity contribution < 1.29 is 0 Å². The second kappa shape index (κ2) is 6.47. The molecule has 0 aromatic carbocycles. The zero-order valence-corrected chi connectivity index (χ0v) is 8.04. The summed E-state index contributed by atoms with van der Waals surface area (Å²) >= 11 is 0. The van der Waals surface area contributed by atoms with E-state index >= 15 is 0 Å². The van der Waals surface area contributed by atoms with Crippen molar-refractivity contribution >= 4 is 0 Å². The Hall–Kier alpha value is -1.24. The van der Waals surface area contributed by atoms with Crippen molar-refractivity contribution in [2.24, 2.45) is 5.73 Å². The largest absolute Gasteiger partial charge is 0.405 e. The molecule has 0 aromatic heterocycles. The van der Waals surface area contributed by atoms with Crippen molar-refractivity contribution in [1.29, 1.82) is 0 Å². The Balaban J connectivity index is 4.32. The molecule has 0 atom stereocenters. The maximum Gasteiger partial charge on any atom is -0.00565 e. The third-order valence-corrected chi connectivity index (χ3v) is 1.62. The second-order valence-electron chi connectivity index (χ2n) is 2.51. The summed E-state index contributed by atoms with van der Waals surface area (Å²) in [5.41, 5.74) is 7.65. The molecule has 0 amide bonds. The quantitative estimate of drug-likeness (QED) is 0.636. The lowest BCUT2D eigenvalue weighted by atomic mass is 10.2. The first-order valence-corrected chi connectivity index (χ1v) is 4.10. The average molecular weight is 163 g/mol. The third-order valence-electron chi connectivity index (χ3n) is 1.62. The Morgan fingerprint density at radius 2 is 1.67 bits per heavy atom. The van der Waals surface area contributed by atoms with Crippen molar-refractivity contribution in [2.75, 3.05) is 0 Å². The summed E-state index contributed by atoms with van der Waals surface area (Å²) in [4.78, 5) is 0. The normalized spacial score (nSPS) is 14.9. The molecular formula is C11H17N. The number of hydrogen-bond acceptors (Lipinski definition) is 1. The van der Waals surface area contributed by atoms with Crippen LogP contribution in [0.1, 0.15) is 20.8 Å². The van der Waals surface area contributed by atoms with Crippen molar-refractivity contribution in [3.63, 3.8) is 0 Å². The molecule has 2 N–H and O–H groups in total. The molecule has 1 heteroatoms. The Morgan fingerprint density at radius 3 is 2.08 bits per heavy atom. The highest BCUT2D eigenvalue weighted by Gasteiger charge is 1.82. The minimum Gasteiger partial charge on any atom is -0.405 e. The predicted molar refractivity (Wildman–Crippen MR) is 55.7 cm³/mol. The van der Waals surface area contributed by atoms with E-state index in [4.69, 9.17) is 5.73 Å². The van der Waals surface area contributed by atoms with Gasteiger partial charge in [0.05, 0.1) is 0 Å². The van der Waals surface area contributed by atoms with Crippen LogP contribution in [0, 0.1) is 0 Å². The zero-order valence-electron chi connectivity index (χ0n) is 8.04. The monoisotopic (exact) mass is 163 g/mol. The van der Waals surface area contributed by atoms with Crippen molar-refractivity contribution in [3.05, 3.63) is 47.7 Å². The molecule has 0 bridgehead atoms. The van der Waals surface area contributed by atoms with Crippen LogP contribution in [0.4, 0.5) is 0 Å². The molecule has 0 aliphatic carbocycles. The van der Waals surface area contributed by atoms with E-state index < -0.39 is 0 Å². The SMILES string of the molecule is C\C=C(C)/C=C\C(\C=C/N)=C/C. The van der Waals surface area contributed by atoms with Crippen LogP contribution >= 0.6 is 0 Å². The lowest BCUT2D eigenvalue weighted by molar-refractivity contribution is 1.46. The summed E-state index contributed by atoms with van der Waals surface area (Å²) < 4.78 is 0. The van der Waals surface area contributed by atoms with Crippen LogP contribution < -0.4 is 5.73 Å². The lowest BCUT2D eigenvalue weighted by Crippen LogP contribution is -1.78. The first kappa shape index (κ1) is 10.8. The first-order chi connectivity index (χ1) is 5.74. The minimum atomic E-state index is 1.12. The smallest absolute Gasteiger partial charge is 0.00565 e. The summed E-state index contributed by atoms with van der Waals surface area (Å²) in [5, 5.41) is 0. The van der Waals surface area contributed by atoms with Crippen LogP contribution in [-0.2, 0) is 0 Å². The fourth-order valence-corrected chi connectivity index (χ4v) is 0.683. The molecule has 0 spiro atoms. The second-order valence-corrected chi connectivity index (χ2v) is 2.51. The topological polar surface area (TPSA) is 26.0 Å². The Kier molecular flexibility index (Phi) is 5.80. The highest BCUT2D eigenvalue weighted by Crippen LogP contribution is 2.02. The van der Waals surface area contributed by atoms with E-state index in [1.54, 1.807) is 6.20 Å². The van der Waals surface area contributed by atoms with Gasteiger partial charge in [0, 0.05) is 0 Å². The maximum atomic E-state index is 5.27. The van der Waals surface area contributed by atoms with E-state index in [9.17, 15) is 0 Å². The zero-order chi connectivity index (χ0) is 9.40. The Labute approximate surface area is 75.0 Å². The van der Waals surface area contributed by atoms with Gasteiger partial charge in [-0.2, -0.15) is 0 Å². The van der Waals surface area contributed by atoms with Crippen molar-refractivity contribution in [1.82, 2.24) is 0 Å². The van der Waals surface area contributed by atoms with E-state index in [1.165, 1.54) is 5.57 Å². The van der Waals surface area contributed by atoms with Gasteiger partial charge in [0.1, 0.15) is 0 Å². The van der Waals surface area contributed by atoms with Crippen LogP contribution in [0.25, 0.3) is 0 Å². The van der Waals surface area contributed by atoms with Gasteiger partial charge in [0.2, 0.25) is 0 Å². The van der Waals surface area contributed by atoms with Gasteiger partial charge in [0.25, 0.3) is 0 Å². The Bertz CT molecular complexity index is 229. The molecule has 0 unspecified atom stereocenters. The molecule has 0 saturated heterocycles. The van der Waals surface area contributed by atoms with E-state index in [-0.39, 0.29) is 0 Å². The molecule has 0 aliphatic heterocycles. The number of rotatable bonds is 3. The van der Waals surface area contributed by atoms with Crippen LogP contribution in [0.2, 0.25) is 0 Å². The standard InChI is InChI=1S/C11H17N/c1-4-10(3)6-7-11(5-2)8-9-12/h4-9H,12H2,1-3H3/b7-6-,9-8-,10-4-,11-5+. The molecule has 12 heavy (non-hydrogen) atoms. The van der Waals surface area contributed by atoms with Crippen LogP contribution in [0.3, 0.4) is 0 Å². The summed E-state index contributed by atoms with van der Waals surface area (Å²) in [7, 11) is 0. The molecular weight excluding hydrogens is 146 g/mol. The van der Waals surface area contributed by atoms with Gasteiger partial charge in [-0.15, -0.1) is 0 Å². The highest BCUT2D eigenvalue weighted by molar-refractivity contribution is 5.33. The van der Waals surface area contributed by atoms with Gasteiger partial charge in [-0.05, 0) is 38.6 Å². The molecule has 1 nitrogen and oxygen atoms in total. The van der Waals surface area contributed by atoms with E-state index in [1.807, 2.05) is 32.1 Å². The minimum absolute atomic E-state index is 1.12. The van der Waals surface area contributed by atoms with Crippen LogP contribution in [0.15, 0.2) is 47.7 Å². The molecule has 0 aliphatic rings. The summed E-state index contributed by atoms with van der Waals surface area (Å²) in [5.74, 6) is 0. The molecule has 66 valence electrons. The summed E-state index contributed by atoms with van der Waals surface area (Å²) in [6.07, 6.45) is 11.6. The predicted octanol–water partition coefficient (Wildman–Crippen LogP) is 2.93. The fraction of sp³-hybridized carbons (Fsp3) is 0.273. The molecule has 0 fully saturated rings. The first-order valence-electron chi connectivity index (χ1n) is 4.10. The Morgan fingerprint density at radius 1 is 1.00 bits per heavy atom. The van der Waals surface area contributed by atoms with Gasteiger partial charge in [0.15, 0.2) is 0 Å². The van der Waals surface area contributed by atoms with E-state index in [0.717, 1.165) is 5.57 Å². The van der Waals surface area contributed by atoms with Crippen molar-refractivity contribution in [2.45, 2.75) is 20.8 Å². The summed E-state index contributed by atoms with van der Waals surface area (Å²) in [6, 6.07) is 0. The van der Waals surface area contributed by atoms with Crippen molar-refractivity contribution in [3.8, 4) is 0 Å². The van der Waals surface area contributed by atoms with E-state index in [2.05, 4.69) is 19.1 Å². The molecule has 0 heterocycles. The van der Waals surface area contributed by atoms with Gasteiger partial charge >= 0.3 is 0 Å². The molecule has 0 aromatic rings. The van der Waals surface area contributed by atoms with Gasteiger partial charge < -0.3 is 5.73 Å². The number of nitrogens with two attached hydrogens (primary N) is 1. The number of hydrogen-bond donors (Lipinski definition) is 1. The lowest BCUT2D eigenvalue weighted by Gasteiger charge is -1.91. The van der Waals surface area contributed by atoms with Crippen LogP contribution in [0.5, 0.6) is 0 Å². The van der Waals surface area contributed by atoms with Crippen LogP contribution in [-0.4, -0.2) is 0 Å². The maximum absolute atomic E-state index is 5.27. The van der Waals surface area contributed by atoms with Gasteiger partial charge in [-0.25, -0.2) is 0 Å².